The Bertz CT molecular complexity index is 504. The Labute approximate surface area is 104 Å². The van der Waals surface area contributed by atoms with Crippen LogP contribution >= 0.6 is 7.82 Å². The fourth-order valence-electron chi connectivity index (χ4n) is 1.11. The predicted octanol–water partition coefficient (Wildman–Crippen LogP) is 1.78. The van der Waals surface area contributed by atoms with E-state index >= 15 is 0 Å². The van der Waals surface area contributed by atoms with Gasteiger partial charge in [-0.3, -0.25) is 9.79 Å². The third-order valence-electron chi connectivity index (χ3n) is 1.90. The second kappa shape index (κ2) is 5.82. The zero-order valence-corrected chi connectivity index (χ0v) is 10.6. The van der Waals surface area contributed by atoms with Crippen LogP contribution in [0.4, 0.5) is 0 Å². The fraction of sp³-hybridized carbons (Fsp3) is 0.182. The van der Waals surface area contributed by atoms with E-state index in [1.165, 1.54) is 19.1 Å². The van der Waals surface area contributed by atoms with Crippen molar-refractivity contribution in [3.8, 4) is 5.75 Å². The minimum absolute atomic E-state index is 0.0275. The van der Waals surface area contributed by atoms with Crippen LogP contribution in [0.25, 0.3) is 0 Å². The van der Waals surface area contributed by atoms with Crippen molar-refractivity contribution in [1.82, 2.24) is 0 Å². The molecule has 0 amide bonds. The van der Waals surface area contributed by atoms with Gasteiger partial charge in [0, 0.05) is 11.1 Å². The monoisotopic (exact) mass is 272 g/mol. The Morgan fingerprint density at radius 1 is 1.39 bits per heavy atom. The Morgan fingerprint density at radius 3 is 2.56 bits per heavy atom. The number of phosphoric acid groups is 1. The van der Waals surface area contributed by atoms with Gasteiger partial charge in [0.2, 0.25) is 0 Å². The molecule has 6 nitrogen and oxygen atoms in total. The topological polar surface area (TPSA) is 93.1 Å². The van der Waals surface area contributed by atoms with Crippen LogP contribution in [0.3, 0.4) is 0 Å². The van der Waals surface area contributed by atoms with Gasteiger partial charge in [0.15, 0.2) is 0 Å². The van der Waals surface area contributed by atoms with Gasteiger partial charge in [0.05, 0.1) is 0 Å². The summed E-state index contributed by atoms with van der Waals surface area (Å²) in [6.07, 6.45) is 0. The third-order valence-corrected chi connectivity index (χ3v) is 2.33. The molecule has 0 saturated carbocycles. The van der Waals surface area contributed by atoms with Gasteiger partial charge in [-0.25, -0.2) is 9.36 Å². The molecular formula is C11H13O6P. The van der Waals surface area contributed by atoms with Crippen molar-refractivity contribution in [2.45, 2.75) is 13.5 Å². The number of ether oxygens (including phenoxy) is 1. The Balaban J connectivity index is 2.80. The Hall–Kier alpha value is -1.62. The average Bonchev–Trinajstić information content (AvgIpc) is 2.25. The summed E-state index contributed by atoms with van der Waals surface area (Å²) in [6, 6.07) is 6.10. The molecule has 0 aliphatic rings. The largest absolute Gasteiger partial charge is 0.524 e. The van der Waals surface area contributed by atoms with Crippen LogP contribution in [0, 0.1) is 0 Å². The highest BCUT2D eigenvalue weighted by molar-refractivity contribution is 7.46. The maximum atomic E-state index is 11.2. The van der Waals surface area contributed by atoms with Crippen molar-refractivity contribution in [2.24, 2.45) is 0 Å². The summed E-state index contributed by atoms with van der Waals surface area (Å²) in [5.41, 5.74) is 0.596. The molecule has 7 heteroatoms. The normalized spacial score (nSPS) is 10.8. The van der Waals surface area contributed by atoms with E-state index in [1.54, 1.807) is 12.1 Å². The highest BCUT2D eigenvalue weighted by atomic mass is 31.2. The van der Waals surface area contributed by atoms with Crippen molar-refractivity contribution < 1.29 is 28.4 Å². The summed E-state index contributed by atoms with van der Waals surface area (Å²) in [7, 11) is -4.64. The fourth-order valence-corrected chi connectivity index (χ4v) is 1.54. The predicted molar refractivity (Wildman–Crippen MR) is 63.7 cm³/mol. The molecule has 0 aliphatic carbocycles. The zero-order valence-electron chi connectivity index (χ0n) is 9.70. The number of carbonyl (C=O) groups excluding carboxylic acids is 1. The number of carbonyl (C=O) groups is 1. The molecule has 0 spiro atoms. The summed E-state index contributed by atoms with van der Waals surface area (Å²) in [4.78, 5) is 28.7. The molecule has 1 aromatic carbocycles. The molecule has 1 rings (SSSR count). The molecule has 0 fully saturated rings. The maximum Gasteiger partial charge on any atom is 0.524 e. The van der Waals surface area contributed by atoms with Crippen LogP contribution in [0.1, 0.15) is 12.5 Å². The lowest BCUT2D eigenvalue weighted by atomic mass is 10.2. The minimum Gasteiger partial charge on any atom is -0.457 e. The van der Waals surface area contributed by atoms with Crippen molar-refractivity contribution in [2.75, 3.05) is 0 Å². The van der Waals surface area contributed by atoms with Crippen LogP contribution in [0.15, 0.2) is 36.4 Å². The SMILES string of the molecule is C=C(C)C(=O)OCc1ccccc1OP(=O)(O)O. The van der Waals surface area contributed by atoms with Crippen molar-refractivity contribution in [3.05, 3.63) is 42.0 Å². The highest BCUT2D eigenvalue weighted by Crippen LogP contribution is 2.39. The van der Waals surface area contributed by atoms with Crippen LogP contribution in [0.5, 0.6) is 5.75 Å². The number of esters is 1. The molecule has 1 aromatic rings. The molecule has 0 aliphatic heterocycles. The van der Waals surface area contributed by atoms with E-state index in [4.69, 9.17) is 14.5 Å². The van der Waals surface area contributed by atoms with Gasteiger partial charge in [0.25, 0.3) is 0 Å². The number of hydrogen-bond acceptors (Lipinski definition) is 4. The van der Waals surface area contributed by atoms with Gasteiger partial charge in [0.1, 0.15) is 12.4 Å². The first kappa shape index (κ1) is 14.4. The number of hydrogen-bond donors (Lipinski definition) is 2. The third kappa shape index (κ3) is 4.71. The Morgan fingerprint density at radius 2 is 2.00 bits per heavy atom. The first-order valence-corrected chi connectivity index (χ1v) is 6.48. The zero-order chi connectivity index (χ0) is 13.8. The summed E-state index contributed by atoms with van der Waals surface area (Å²) >= 11 is 0. The molecule has 0 unspecified atom stereocenters. The summed E-state index contributed by atoms with van der Waals surface area (Å²) in [5, 5.41) is 0. The van der Waals surface area contributed by atoms with Crippen LogP contribution < -0.4 is 4.52 Å². The molecule has 98 valence electrons. The number of rotatable bonds is 5. The van der Waals surface area contributed by atoms with Gasteiger partial charge >= 0.3 is 13.8 Å². The van der Waals surface area contributed by atoms with Gasteiger partial charge in [-0.05, 0) is 13.0 Å². The minimum atomic E-state index is -4.64. The standard InChI is InChI=1S/C11H13O6P/c1-8(2)11(12)16-7-9-5-3-4-6-10(9)17-18(13,14)15/h3-6H,1,7H2,2H3,(H2,13,14,15). The first-order valence-electron chi connectivity index (χ1n) is 4.95. The van der Waals surface area contributed by atoms with E-state index in [-0.39, 0.29) is 17.9 Å². The molecule has 0 radical (unpaired) electrons. The molecule has 0 aromatic heterocycles. The number of phosphoric ester groups is 1. The van der Waals surface area contributed by atoms with Gasteiger partial charge in [-0.15, -0.1) is 0 Å². The second-order valence-corrected chi connectivity index (χ2v) is 4.71. The molecular weight excluding hydrogens is 259 g/mol. The molecule has 2 N–H and O–H groups in total. The van der Waals surface area contributed by atoms with Crippen LogP contribution in [-0.4, -0.2) is 15.8 Å². The summed E-state index contributed by atoms with van der Waals surface area (Å²) in [6.45, 7) is 4.77. The van der Waals surface area contributed by atoms with E-state index in [2.05, 4.69) is 11.1 Å². The maximum absolute atomic E-state index is 11.2. The lowest BCUT2D eigenvalue weighted by Gasteiger charge is -2.11. The van der Waals surface area contributed by atoms with Crippen LogP contribution in [0.2, 0.25) is 0 Å². The van der Waals surface area contributed by atoms with Gasteiger partial charge < -0.3 is 9.26 Å². The number of para-hydroxylation sites is 1. The quantitative estimate of drug-likeness (QED) is 0.482. The van der Waals surface area contributed by atoms with Crippen molar-refractivity contribution >= 4 is 13.8 Å². The van der Waals surface area contributed by atoms with E-state index in [0.717, 1.165) is 0 Å². The molecule has 0 heterocycles. The molecule has 0 saturated heterocycles. The van der Waals surface area contributed by atoms with E-state index in [9.17, 15) is 9.36 Å². The molecule has 18 heavy (non-hydrogen) atoms. The lowest BCUT2D eigenvalue weighted by molar-refractivity contribution is -0.140. The van der Waals surface area contributed by atoms with Crippen molar-refractivity contribution in [1.29, 1.82) is 0 Å². The van der Waals surface area contributed by atoms with E-state index in [0.29, 0.717) is 5.56 Å². The molecule has 0 bridgehead atoms. The average molecular weight is 272 g/mol. The number of benzene rings is 1. The molecule has 0 atom stereocenters. The van der Waals surface area contributed by atoms with Gasteiger partial charge in [-0.1, -0.05) is 24.8 Å². The smallest absolute Gasteiger partial charge is 0.457 e. The first-order chi connectivity index (χ1) is 8.29. The summed E-state index contributed by atoms with van der Waals surface area (Å²) in [5.74, 6) is -0.610. The summed E-state index contributed by atoms with van der Waals surface area (Å²) < 4.78 is 20.1. The van der Waals surface area contributed by atoms with Crippen molar-refractivity contribution in [3.63, 3.8) is 0 Å². The van der Waals surface area contributed by atoms with E-state index in [1.807, 2.05) is 0 Å². The Kier molecular flexibility index (Phi) is 4.67. The highest BCUT2D eigenvalue weighted by Gasteiger charge is 2.18. The second-order valence-electron chi connectivity index (χ2n) is 3.55. The van der Waals surface area contributed by atoms with E-state index < -0.39 is 13.8 Å². The van der Waals surface area contributed by atoms with Gasteiger partial charge in [-0.2, -0.15) is 0 Å². The van der Waals surface area contributed by atoms with Crippen LogP contribution in [-0.2, 0) is 20.7 Å². The lowest BCUT2D eigenvalue weighted by Crippen LogP contribution is -2.06.